The van der Waals surface area contributed by atoms with Gasteiger partial charge in [-0.2, -0.15) is 0 Å². The summed E-state index contributed by atoms with van der Waals surface area (Å²) < 4.78 is 20.4. The third-order valence-electron chi connectivity index (χ3n) is 7.86. The molecule has 0 radical (unpaired) electrons. The van der Waals surface area contributed by atoms with Crippen molar-refractivity contribution in [2.45, 2.75) is 56.7 Å². The van der Waals surface area contributed by atoms with Crippen molar-refractivity contribution in [2.75, 3.05) is 13.1 Å². The first-order chi connectivity index (χ1) is 15.8. The fraction of sp³-hybridized carbons (Fsp3) is 0.500. The molecule has 33 heavy (non-hydrogen) atoms. The van der Waals surface area contributed by atoms with Gasteiger partial charge in [-0.05, 0) is 38.8 Å². The Morgan fingerprint density at radius 1 is 1.33 bits per heavy atom. The molecule has 1 aromatic carbocycles. The molecule has 1 amide bonds. The Hall–Kier alpha value is -2.58. The van der Waals surface area contributed by atoms with E-state index in [-0.39, 0.29) is 36.4 Å². The zero-order valence-electron chi connectivity index (χ0n) is 18.5. The second-order valence-electron chi connectivity index (χ2n) is 9.75. The number of carbonyl (C=O) groups is 1. The van der Waals surface area contributed by atoms with Crippen LogP contribution in [0.5, 0.6) is 5.75 Å². The van der Waals surface area contributed by atoms with Crippen LogP contribution in [-0.2, 0) is 0 Å². The first-order valence-corrected chi connectivity index (χ1v) is 11.8. The summed E-state index contributed by atoms with van der Waals surface area (Å²) in [6.07, 6.45) is 3.15. The molecule has 5 unspecified atom stereocenters. The van der Waals surface area contributed by atoms with E-state index in [4.69, 9.17) is 21.7 Å². The van der Waals surface area contributed by atoms with Crippen molar-refractivity contribution in [1.29, 1.82) is 5.41 Å². The van der Waals surface area contributed by atoms with Gasteiger partial charge in [0.2, 0.25) is 0 Å². The van der Waals surface area contributed by atoms with E-state index < -0.39 is 11.7 Å². The van der Waals surface area contributed by atoms with Crippen molar-refractivity contribution in [3.8, 4) is 5.75 Å². The number of aromatic nitrogens is 2. The first-order valence-electron chi connectivity index (χ1n) is 11.4. The molecule has 6 rings (SSSR count). The standard InChI is InChI=1S/C24H25ClFN5O2/c1-11-21(25)12(2)29-22(28-11)15-9-31(10-17(15)27)23(32)14-4-3-13(26)7-18(14)33-19-8-20-24(30-20)6-5-16(19)24/h3-4,7,15-16,19-20,27,30H,5-6,8-10H2,1-2H3. The van der Waals surface area contributed by atoms with E-state index in [1.165, 1.54) is 24.6 Å². The van der Waals surface area contributed by atoms with E-state index >= 15 is 0 Å². The van der Waals surface area contributed by atoms with Crippen LogP contribution in [0.3, 0.4) is 0 Å². The molecule has 2 aliphatic heterocycles. The highest BCUT2D eigenvalue weighted by atomic mass is 35.5. The molecule has 4 aliphatic rings. The predicted molar refractivity (Wildman–Crippen MR) is 121 cm³/mol. The van der Waals surface area contributed by atoms with Crippen LogP contribution in [0.1, 0.15) is 52.8 Å². The Bertz CT molecular complexity index is 1180. The molecule has 1 spiro atoms. The number of ether oxygens (including phenoxy) is 1. The molecule has 2 N–H and O–H groups in total. The van der Waals surface area contributed by atoms with Crippen LogP contribution >= 0.6 is 11.6 Å². The second kappa shape index (κ2) is 7.21. The van der Waals surface area contributed by atoms with Gasteiger partial charge < -0.3 is 20.4 Å². The largest absolute Gasteiger partial charge is 0.489 e. The molecule has 2 aromatic rings. The van der Waals surface area contributed by atoms with Crippen LogP contribution in [0.25, 0.3) is 0 Å². The highest BCUT2D eigenvalue weighted by Crippen LogP contribution is 2.60. The summed E-state index contributed by atoms with van der Waals surface area (Å²) in [6.45, 7) is 4.07. The smallest absolute Gasteiger partial charge is 0.257 e. The number of likely N-dealkylation sites (tertiary alicyclic amines) is 1. The minimum atomic E-state index is -0.432. The monoisotopic (exact) mass is 469 g/mol. The number of hydrogen-bond donors (Lipinski definition) is 2. The number of nitrogens with one attached hydrogen (secondary N) is 2. The molecule has 2 saturated heterocycles. The average molecular weight is 470 g/mol. The van der Waals surface area contributed by atoms with Crippen molar-refractivity contribution in [3.63, 3.8) is 0 Å². The second-order valence-corrected chi connectivity index (χ2v) is 10.1. The summed E-state index contributed by atoms with van der Waals surface area (Å²) >= 11 is 6.19. The van der Waals surface area contributed by atoms with E-state index in [1.807, 2.05) is 0 Å². The Morgan fingerprint density at radius 3 is 2.76 bits per heavy atom. The molecule has 2 saturated carbocycles. The van der Waals surface area contributed by atoms with E-state index in [9.17, 15) is 9.18 Å². The van der Waals surface area contributed by atoms with Gasteiger partial charge in [0.15, 0.2) is 0 Å². The van der Waals surface area contributed by atoms with Crippen molar-refractivity contribution in [3.05, 3.63) is 51.8 Å². The lowest BCUT2D eigenvalue weighted by Crippen LogP contribution is -2.44. The van der Waals surface area contributed by atoms with Crippen molar-refractivity contribution >= 4 is 23.2 Å². The molecule has 3 heterocycles. The third-order valence-corrected chi connectivity index (χ3v) is 8.41. The quantitative estimate of drug-likeness (QED) is 0.668. The van der Waals surface area contributed by atoms with Gasteiger partial charge in [0.1, 0.15) is 23.5 Å². The SMILES string of the molecule is Cc1nc(C2CN(C(=O)c3ccc(F)cc3OC3CC4NC45CCC35)CC2=N)nc(C)c1Cl. The van der Waals surface area contributed by atoms with Crippen LogP contribution in [0.4, 0.5) is 4.39 Å². The number of nitrogens with zero attached hydrogens (tertiary/aromatic N) is 3. The van der Waals surface area contributed by atoms with Crippen molar-refractivity contribution < 1.29 is 13.9 Å². The highest BCUT2D eigenvalue weighted by Gasteiger charge is 2.71. The fourth-order valence-corrected chi connectivity index (χ4v) is 6.01. The minimum absolute atomic E-state index is 0.00334. The van der Waals surface area contributed by atoms with Gasteiger partial charge in [0, 0.05) is 42.2 Å². The van der Waals surface area contributed by atoms with Gasteiger partial charge >= 0.3 is 0 Å². The number of benzene rings is 1. The van der Waals surface area contributed by atoms with E-state index in [1.54, 1.807) is 18.7 Å². The normalized spacial score (nSPS) is 31.8. The highest BCUT2D eigenvalue weighted by molar-refractivity contribution is 6.31. The molecule has 4 fully saturated rings. The summed E-state index contributed by atoms with van der Waals surface area (Å²) in [5.74, 6) is 0.113. The van der Waals surface area contributed by atoms with Gasteiger partial charge in [-0.1, -0.05) is 11.6 Å². The van der Waals surface area contributed by atoms with Crippen LogP contribution in [0, 0.1) is 31.0 Å². The summed E-state index contributed by atoms with van der Waals surface area (Å²) in [5.41, 5.74) is 2.24. The lowest BCUT2D eigenvalue weighted by Gasteiger charge is -2.37. The number of piperidine rings is 1. The molecular weight excluding hydrogens is 445 g/mol. The average Bonchev–Trinajstić information content (AvgIpc) is 3.31. The van der Waals surface area contributed by atoms with Gasteiger partial charge in [-0.15, -0.1) is 0 Å². The predicted octanol–water partition coefficient (Wildman–Crippen LogP) is 3.42. The zero-order chi connectivity index (χ0) is 23.1. The summed E-state index contributed by atoms with van der Waals surface area (Å²) in [5, 5.41) is 12.5. The summed E-state index contributed by atoms with van der Waals surface area (Å²) in [7, 11) is 0. The third kappa shape index (κ3) is 3.18. The minimum Gasteiger partial charge on any atom is -0.489 e. The summed E-state index contributed by atoms with van der Waals surface area (Å²) in [4.78, 5) is 24.0. The molecule has 7 nitrogen and oxygen atoms in total. The maximum atomic E-state index is 14.1. The van der Waals surface area contributed by atoms with Crippen LogP contribution < -0.4 is 10.1 Å². The number of rotatable bonds is 4. The lowest BCUT2D eigenvalue weighted by molar-refractivity contribution is 0.0706. The van der Waals surface area contributed by atoms with Gasteiger partial charge in [0.05, 0.1) is 34.4 Å². The fourth-order valence-electron chi connectivity index (χ4n) is 5.92. The molecule has 5 atom stereocenters. The molecule has 9 heteroatoms. The molecular formula is C24H25ClFN5O2. The number of amides is 1. The number of halogens is 2. The van der Waals surface area contributed by atoms with Gasteiger partial charge in [-0.25, -0.2) is 14.4 Å². The molecule has 1 aromatic heterocycles. The molecule has 172 valence electrons. The van der Waals surface area contributed by atoms with E-state index in [0.29, 0.717) is 45.5 Å². The molecule has 2 aliphatic carbocycles. The molecule has 0 bridgehead atoms. The van der Waals surface area contributed by atoms with Crippen molar-refractivity contribution in [2.24, 2.45) is 5.92 Å². The topological polar surface area (TPSA) is 101 Å². The lowest BCUT2D eigenvalue weighted by atomic mass is 9.73. The van der Waals surface area contributed by atoms with Crippen LogP contribution in [0.15, 0.2) is 18.2 Å². The van der Waals surface area contributed by atoms with E-state index in [0.717, 1.165) is 12.8 Å². The van der Waals surface area contributed by atoms with Gasteiger partial charge in [-0.3, -0.25) is 4.79 Å². The van der Waals surface area contributed by atoms with E-state index in [2.05, 4.69) is 15.3 Å². The maximum Gasteiger partial charge on any atom is 0.257 e. The Labute approximate surface area is 196 Å². The van der Waals surface area contributed by atoms with Crippen molar-refractivity contribution in [1.82, 2.24) is 20.2 Å². The first kappa shape index (κ1) is 21.0. The van der Waals surface area contributed by atoms with Crippen LogP contribution in [-0.4, -0.2) is 57.3 Å². The van der Waals surface area contributed by atoms with Gasteiger partial charge in [0.25, 0.3) is 5.91 Å². The summed E-state index contributed by atoms with van der Waals surface area (Å²) in [6, 6.07) is 4.57. The zero-order valence-corrected chi connectivity index (χ0v) is 19.2. The number of hydrogen-bond acceptors (Lipinski definition) is 6. The maximum absolute atomic E-state index is 14.1. The Kier molecular flexibility index (Phi) is 4.58. The van der Waals surface area contributed by atoms with Crippen LogP contribution in [0.2, 0.25) is 5.02 Å². The Balaban J connectivity index is 1.23. The Morgan fingerprint density at radius 2 is 2.09 bits per heavy atom. The number of aryl methyl sites for hydroxylation is 2. The number of carbonyl (C=O) groups excluding carboxylic acids is 1.